The Hall–Kier alpha value is -3.95. The Balaban J connectivity index is 1.82. The zero-order valence-corrected chi connectivity index (χ0v) is 16.8. The first kappa shape index (κ1) is 20.3. The first-order chi connectivity index (χ1) is 14.9. The van der Waals surface area contributed by atoms with Gasteiger partial charge in [0, 0.05) is 17.8 Å². The number of amides is 1. The van der Waals surface area contributed by atoms with Crippen molar-refractivity contribution in [2.75, 3.05) is 10.2 Å². The average molecular weight is 421 g/mol. The molecule has 2 aliphatic rings. The van der Waals surface area contributed by atoms with Crippen LogP contribution >= 0.6 is 0 Å². The number of nitro benzene ring substituents is 1. The number of nitro groups is 1. The highest BCUT2D eigenvalue weighted by Crippen LogP contribution is 2.41. The zero-order chi connectivity index (χ0) is 22.0. The minimum absolute atomic E-state index is 0.0906. The molecule has 10 heteroatoms. The second-order valence-electron chi connectivity index (χ2n) is 7.60. The van der Waals surface area contributed by atoms with Gasteiger partial charge in [0.2, 0.25) is 11.9 Å². The number of benzene rings is 2. The van der Waals surface area contributed by atoms with Crippen LogP contribution in [0, 0.1) is 10.1 Å². The smallest absolute Gasteiger partial charge is 0.270 e. The molecule has 0 unspecified atom stereocenters. The molecule has 0 radical (unpaired) electrons. The number of carbonyl (C=O) groups excluding carboxylic acids is 1. The third-order valence-electron chi connectivity index (χ3n) is 5.56. The van der Waals surface area contributed by atoms with Gasteiger partial charge in [0.15, 0.2) is 0 Å². The van der Waals surface area contributed by atoms with Gasteiger partial charge in [-0.15, -0.1) is 0 Å². The molecule has 0 bridgehead atoms. The van der Waals surface area contributed by atoms with Crippen LogP contribution in [0.2, 0.25) is 0 Å². The first-order valence-electron chi connectivity index (χ1n) is 10.0. The lowest BCUT2D eigenvalue weighted by atomic mass is 9.87. The molecule has 5 N–H and O–H groups in total. The lowest BCUT2D eigenvalue weighted by Crippen LogP contribution is -2.58. The van der Waals surface area contributed by atoms with Crippen molar-refractivity contribution in [3.05, 3.63) is 64.2 Å². The summed E-state index contributed by atoms with van der Waals surface area (Å²) in [5, 5.41) is 14.2. The van der Waals surface area contributed by atoms with Crippen LogP contribution in [-0.4, -0.2) is 28.4 Å². The number of aliphatic imine (C=N–C) groups is 2. The van der Waals surface area contributed by atoms with Crippen LogP contribution in [0.3, 0.4) is 0 Å². The van der Waals surface area contributed by atoms with E-state index in [-0.39, 0.29) is 23.2 Å². The van der Waals surface area contributed by atoms with Crippen LogP contribution in [0.25, 0.3) is 0 Å². The quantitative estimate of drug-likeness (QED) is 0.510. The fourth-order valence-corrected chi connectivity index (χ4v) is 4.20. The molecule has 2 aromatic rings. The summed E-state index contributed by atoms with van der Waals surface area (Å²) in [5.41, 5.74) is 12.3. The Labute approximate surface area is 178 Å². The van der Waals surface area contributed by atoms with Crippen molar-refractivity contribution in [3.8, 4) is 0 Å². The second-order valence-corrected chi connectivity index (χ2v) is 7.60. The molecule has 2 aromatic carbocycles. The van der Waals surface area contributed by atoms with E-state index in [2.05, 4.69) is 15.3 Å². The van der Waals surface area contributed by atoms with E-state index >= 15 is 0 Å². The fraction of sp³-hybridized carbons (Fsp3) is 0.286. The molecule has 0 aromatic heterocycles. The van der Waals surface area contributed by atoms with E-state index in [1.807, 2.05) is 6.07 Å². The molecule has 1 saturated carbocycles. The lowest BCUT2D eigenvalue weighted by Gasteiger charge is -2.46. The number of nitrogens with two attached hydrogens (primary N) is 2. The molecular formula is C21H23N7O3. The predicted molar refractivity (Wildman–Crippen MR) is 119 cm³/mol. The normalized spacial score (nSPS) is 17.6. The van der Waals surface area contributed by atoms with E-state index in [0.717, 1.165) is 19.3 Å². The highest BCUT2D eigenvalue weighted by atomic mass is 16.6. The molecule has 0 saturated heterocycles. The number of hydrogen-bond acceptors (Lipinski definition) is 8. The van der Waals surface area contributed by atoms with E-state index in [4.69, 9.17) is 11.5 Å². The summed E-state index contributed by atoms with van der Waals surface area (Å²) in [6.45, 7) is 0. The third-order valence-corrected chi connectivity index (χ3v) is 5.56. The molecule has 0 atom stereocenters. The van der Waals surface area contributed by atoms with Crippen LogP contribution in [0.5, 0.6) is 0 Å². The van der Waals surface area contributed by atoms with E-state index in [1.165, 1.54) is 18.2 Å². The van der Waals surface area contributed by atoms with Gasteiger partial charge >= 0.3 is 0 Å². The van der Waals surface area contributed by atoms with Crippen molar-refractivity contribution in [1.29, 1.82) is 0 Å². The average Bonchev–Trinajstić information content (AvgIpc) is 2.74. The van der Waals surface area contributed by atoms with Gasteiger partial charge in [-0.2, -0.15) is 4.99 Å². The molecule has 160 valence electrons. The monoisotopic (exact) mass is 421 g/mol. The van der Waals surface area contributed by atoms with Gasteiger partial charge in [-0.3, -0.25) is 19.8 Å². The number of hydrogen-bond donors (Lipinski definition) is 3. The fourth-order valence-electron chi connectivity index (χ4n) is 4.20. The molecule has 1 aliphatic heterocycles. The molecule has 1 amide bonds. The van der Waals surface area contributed by atoms with Gasteiger partial charge < -0.3 is 16.8 Å². The molecule has 4 rings (SSSR count). The molecule has 31 heavy (non-hydrogen) atoms. The Bertz CT molecular complexity index is 1080. The van der Waals surface area contributed by atoms with Gasteiger partial charge in [0.05, 0.1) is 16.2 Å². The van der Waals surface area contributed by atoms with Gasteiger partial charge in [-0.25, -0.2) is 4.99 Å². The molecule has 1 fully saturated rings. The Morgan fingerprint density at radius 1 is 1.10 bits per heavy atom. The minimum atomic E-state index is -0.772. The Morgan fingerprint density at radius 3 is 2.48 bits per heavy atom. The lowest BCUT2D eigenvalue weighted by molar-refractivity contribution is -0.384. The Morgan fingerprint density at radius 2 is 1.81 bits per heavy atom. The van der Waals surface area contributed by atoms with Gasteiger partial charge in [-0.05, 0) is 43.9 Å². The summed E-state index contributed by atoms with van der Waals surface area (Å²) in [6, 6.07) is 13.0. The van der Waals surface area contributed by atoms with Gasteiger partial charge in [-0.1, -0.05) is 24.6 Å². The van der Waals surface area contributed by atoms with Crippen molar-refractivity contribution >= 4 is 34.9 Å². The number of anilines is 2. The summed E-state index contributed by atoms with van der Waals surface area (Å²) in [6.07, 6.45) is 4.25. The number of rotatable bonds is 4. The maximum atomic E-state index is 13.2. The summed E-state index contributed by atoms with van der Waals surface area (Å²) < 4.78 is 0. The van der Waals surface area contributed by atoms with E-state index in [1.54, 1.807) is 29.2 Å². The maximum Gasteiger partial charge on any atom is 0.270 e. The summed E-state index contributed by atoms with van der Waals surface area (Å²) in [4.78, 5) is 34.5. The largest absolute Gasteiger partial charge is 0.369 e. The molecular weight excluding hydrogens is 398 g/mol. The molecule has 10 nitrogen and oxygen atoms in total. The van der Waals surface area contributed by atoms with Gasteiger partial charge in [0.1, 0.15) is 5.66 Å². The van der Waals surface area contributed by atoms with Crippen LogP contribution in [0.4, 0.5) is 17.1 Å². The number of carbonyl (C=O) groups is 1. The van der Waals surface area contributed by atoms with Crippen LogP contribution in [0.1, 0.15) is 42.5 Å². The first-order valence-corrected chi connectivity index (χ1v) is 10.0. The van der Waals surface area contributed by atoms with Crippen molar-refractivity contribution < 1.29 is 9.72 Å². The van der Waals surface area contributed by atoms with E-state index in [0.29, 0.717) is 24.2 Å². The number of nitrogens with one attached hydrogen (secondary N) is 1. The van der Waals surface area contributed by atoms with E-state index < -0.39 is 16.5 Å². The highest BCUT2D eigenvalue weighted by molar-refractivity contribution is 6.13. The SMILES string of the molecule is NC1=NC2(CCCCC2)N(c2ccc([N+](=O)[O-])cc2C(=O)Nc2ccccc2)C(N)=N1. The standard InChI is InChI=1S/C21H23N7O3/c22-19-25-20(23)27(21(26-19)11-5-2-6-12-21)17-10-9-15(28(30)31)13-16(17)18(29)24-14-7-3-1-4-8-14/h1,3-4,7-10,13H,2,5-6,11-12H2,(H,24,29)(H4,22,23,25,26). The number of guanidine groups is 2. The topological polar surface area (TPSA) is 152 Å². The third kappa shape index (κ3) is 3.91. The van der Waals surface area contributed by atoms with Crippen LogP contribution in [-0.2, 0) is 0 Å². The van der Waals surface area contributed by atoms with E-state index in [9.17, 15) is 14.9 Å². The number of non-ortho nitro benzene ring substituents is 1. The van der Waals surface area contributed by atoms with Crippen LogP contribution < -0.4 is 21.7 Å². The van der Waals surface area contributed by atoms with Crippen molar-refractivity contribution in [2.24, 2.45) is 21.5 Å². The maximum absolute atomic E-state index is 13.2. The molecule has 1 aliphatic carbocycles. The second kappa shape index (κ2) is 8.05. The highest BCUT2D eigenvalue weighted by Gasteiger charge is 2.44. The van der Waals surface area contributed by atoms with Crippen molar-refractivity contribution in [3.63, 3.8) is 0 Å². The predicted octanol–water partition coefficient (Wildman–Crippen LogP) is 2.96. The summed E-state index contributed by atoms with van der Waals surface area (Å²) >= 11 is 0. The zero-order valence-electron chi connectivity index (χ0n) is 16.8. The number of para-hydroxylation sites is 1. The summed E-state index contributed by atoms with van der Waals surface area (Å²) in [7, 11) is 0. The molecule has 1 heterocycles. The number of nitrogens with zero attached hydrogens (tertiary/aromatic N) is 4. The minimum Gasteiger partial charge on any atom is -0.369 e. The van der Waals surface area contributed by atoms with Crippen LogP contribution in [0.15, 0.2) is 58.5 Å². The van der Waals surface area contributed by atoms with Gasteiger partial charge in [0.25, 0.3) is 11.6 Å². The molecule has 1 spiro atoms. The van der Waals surface area contributed by atoms with Crippen molar-refractivity contribution in [1.82, 2.24) is 0 Å². The van der Waals surface area contributed by atoms with Crippen molar-refractivity contribution in [2.45, 2.75) is 37.8 Å². The Kier molecular flexibility index (Phi) is 5.28. The summed E-state index contributed by atoms with van der Waals surface area (Å²) in [5.74, 6) is -0.295.